The van der Waals surface area contributed by atoms with Crippen molar-refractivity contribution in [2.45, 2.75) is 25.7 Å². The predicted molar refractivity (Wildman–Crippen MR) is 104 cm³/mol. The number of hydrogen-bond donors (Lipinski definition) is 0. The summed E-state index contributed by atoms with van der Waals surface area (Å²) in [6, 6.07) is 9.85. The first kappa shape index (κ1) is 20.8. The van der Waals surface area contributed by atoms with Gasteiger partial charge in [-0.05, 0) is 12.0 Å². The normalized spacial score (nSPS) is 15.6. The van der Waals surface area contributed by atoms with E-state index < -0.39 is 11.9 Å². The molecule has 1 aliphatic heterocycles. The predicted octanol–water partition coefficient (Wildman–Crippen LogP) is 2.80. The Balaban J connectivity index is 1.49. The third-order valence-corrected chi connectivity index (χ3v) is 5.72. The average Bonchev–Trinajstić information content (AvgIpc) is 3.33. The molecule has 11 heteroatoms. The molecule has 0 aliphatic carbocycles. The second-order valence-electron chi connectivity index (χ2n) is 7.05. The topological polar surface area (TPSA) is 63.0 Å². The molecule has 0 unspecified atom stereocenters. The van der Waals surface area contributed by atoms with Crippen LogP contribution in [0.4, 0.5) is 13.2 Å². The van der Waals surface area contributed by atoms with Crippen molar-refractivity contribution in [2.24, 2.45) is 0 Å². The van der Waals surface area contributed by atoms with Gasteiger partial charge in [-0.25, -0.2) is 4.98 Å². The van der Waals surface area contributed by atoms with Gasteiger partial charge in [-0.2, -0.15) is 22.8 Å². The number of halogens is 3. The molecule has 7 nitrogen and oxygen atoms in total. The number of carbonyl (C=O) groups is 1. The quantitative estimate of drug-likeness (QED) is 0.567. The van der Waals surface area contributed by atoms with Crippen molar-refractivity contribution < 1.29 is 22.7 Å². The van der Waals surface area contributed by atoms with Gasteiger partial charge in [0.15, 0.2) is 5.69 Å². The number of benzene rings is 1. The molecule has 1 fully saturated rings. The summed E-state index contributed by atoms with van der Waals surface area (Å²) in [5, 5.41) is 4.38. The molecule has 160 valence electrons. The molecule has 0 radical (unpaired) electrons. The molecule has 3 aromatic rings. The third kappa shape index (κ3) is 4.32. The lowest BCUT2D eigenvalue weighted by molar-refractivity contribution is -0.143. The van der Waals surface area contributed by atoms with Gasteiger partial charge in [0, 0.05) is 13.7 Å². The maximum atomic E-state index is 13.7. The lowest BCUT2D eigenvalue weighted by Crippen LogP contribution is -2.29. The van der Waals surface area contributed by atoms with Crippen molar-refractivity contribution >= 4 is 22.2 Å². The summed E-state index contributed by atoms with van der Waals surface area (Å²) in [4.78, 5) is 20.0. The van der Waals surface area contributed by atoms with Gasteiger partial charge in [-0.15, -0.1) is 0 Å². The van der Waals surface area contributed by atoms with Gasteiger partial charge in [0.1, 0.15) is 5.01 Å². The van der Waals surface area contributed by atoms with Crippen molar-refractivity contribution in [3.63, 3.8) is 0 Å². The summed E-state index contributed by atoms with van der Waals surface area (Å²) in [7, 11) is 1.45. The molecule has 30 heavy (non-hydrogen) atoms. The fraction of sp³-hybridized carbons (Fsp3) is 0.421. The summed E-state index contributed by atoms with van der Waals surface area (Å²) < 4.78 is 46.9. The van der Waals surface area contributed by atoms with Crippen molar-refractivity contribution in [3.8, 4) is 0 Å². The molecule has 4 rings (SSSR count). The first-order valence-electron chi connectivity index (χ1n) is 9.32. The molecular formula is C19H20F3N5O2S. The molecule has 3 heterocycles. The van der Waals surface area contributed by atoms with Crippen LogP contribution in [-0.2, 0) is 35.3 Å². The maximum Gasteiger partial charge on any atom is 0.435 e. The van der Waals surface area contributed by atoms with Gasteiger partial charge in [0.2, 0.25) is 10.9 Å². The fourth-order valence-electron chi connectivity index (χ4n) is 3.47. The smallest absolute Gasteiger partial charge is 0.377 e. The van der Waals surface area contributed by atoms with Gasteiger partial charge in [-0.1, -0.05) is 41.7 Å². The molecule has 0 spiro atoms. The number of aromatic nitrogens is 3. The monoisotopic (exact) mass is 439 g/mol. The summed E-state index contributed by atoms with van der Waals surface area (Å²) in [5.74, 6) is -0.208. The highest BCUT2D eigenvalue weighted by atomic mass is 32.1. The fourth-order valence-corrected chi connectivity index (χ4v) is 4.35. The number of carbonyl (C=O) groups excluding carboxylic acids is 1. The summed E-state index contributed by atoms with van der Waals surface area (Å²) in [6.45, 7) is 1.02. The number of ether oxygens (including phenoxy) is 1. The standard InChI is InChI=1S/C19H20F3N5O2S/c1-29-11-15-24-27-17(19(20,21)22)14(23-18(27)30-15)9-26-12-25(10-16(26)28)8-7-13-5-3-2-4-6-13/h2-6H,7-12H2,1H3. The van der Waals surface area contributed by atoms with E-state index in [4.69, 9.17) is 4.74 Å². The molecular weight excluding hydrogens is 419 g/mol. The highest BCUT2D eigenvalue weighted by Crippen LogP contribution is 2.34. The SMILES string of the molecule is COCc1nn2c(C(F)(F)F)c(CN3CN(CCc4ccccc4)CC3=O)nc2s1. The number of hydrogen-bond acceptors (Lipinski definition) is 6. The molecule has 0 atom stereocenters. The average molecular weight is 439 g/mol. The van der Waals surface area contributed by atoms with Crippen LogP contribution < -0.4 is 0 Å². The Kier molecular flexibility index (Phi) is 5.76. The number of methoxy groups -OCH3 is 1. The summed E-state index contributed by atoms with van der Waals surface area (Å²) in [5.41, 5.74) is 0.0187. The van der Waals surface area contributed by atoms with Crippen molar-refractivity contribution in [1.82, 2.24) is 24.4 Å². The van der Waals surface area contributed by atoms with E-state index in [9.17, 15) is 18.0 Å². The lowest BCUT2D eigenvalue weighted by Gasteiger charge is -2.18. The van der Waals surface area contributed by atoms with E-state index in [2.05, 4.69) is 10.1 Å². The van der Waals surface area contributed by atoms with Gasteiger partial charge >= 0.3 is 6.18 Å². The first-order valence-corrected chi connectivity index (χ1v) is 10.1. The molecule has 2 aromatic heterocycles. The second-order valence-corrected chi connectivity index (χ2v) is 8.09. The number of nitrogens with zero attached hydrogens (tertiary/aromatic N) is 5. The van der Waals surface area contributed by atoms with Crippen molar-refractivity contribution in [1.29, 1.82) is 0 Å². The van der Waals surface area contributed by atoms with E-state index >= 15 is 0 Å². The van der Waals surface area contributed by atoms with Crippen LogP contribution in [0.15, 0.2) is 30.3 Å². The largest absolute Gasteiger partial charge is 0.435 e. The Bertz CT molecular complexity index is 1030. The zero-order chi connectivity index (χ0) is 21.3. The van der Waals surface area contributed by atoms with Crippen molar-refractivity contribution in [3.05, 3.63) is 52.3 Å². The number of amides is 1. The minimum atomic E-state index is -4.64. The van der Waals surface area contributed by atoms with E-state index in [1.807, 2.05) is 35.2 Å². The van der Waals surface area contributed by atoms with Crippen LogP contribution in [0.2, 0.25) is 0 Å². The van der Waals surface area contributed by atoms with Gasteiger partial charge in [0.05, 0.1) is 32.1 Å². The molecule has 0 N–H and O–H groups in total. The van der Waals surface area contributed by atoms with E-state index in [-0.39, 0.29) is 42.9 Å². The molecule has 1 aromatic carbocycles. The van der Waals surface area contributed by atoms with Crippen LogP contribution in [0.1, 0.15) is 22.0 Å². The number of alkyl halides is 3. The Morgan fingerprint density at radius 1 is 1.23 bits per heavy atom. The Labute approximate surface area is 174 Å². The lowest BCUT2D eigenvalue weighted by atomic mass is 10.1. The van der Waals surface area contributed by atoms with Crippen LogP contribution in [0.3, 0.4) is 0 Å². The van der Waals surface area contributed by atoms with Crippen LogP contribution >= 0.6 is 11.3 Å². The van der Waals surface area contributed by atoms with Gasteiger partial charge in [0.25, 0.3) is 0 Å². The highest BCUT2D eigenvalue weighted by molar-refractivity contribution is 7.16. The van der Waals surface area contributed by atoms with E-state index in [0.717, 1.165) is 27.8 Å². The molecule has 1 saturated heterocycles. The van der Waals surface area contributed by atoms with Crippen LogP contribution in [0.25, 0.3) is 4.96 Å². The van der Waals surface area contributed by atoms with Crippen LogP contribution in [0, 0.1) is 0 Å². The summed E-state index contributed by atoms with van der Waals surface area (Å²) >= 11 is 1.04. The van der Waals surface area contributed by atoms with Crippen molar-refractivity contribution in [2.75, 3.05) is 26.9 Å². The summed E-state index contributed by atoms with van der Waals surface area (Å²) in [6.07, 6.45) is -3.87. The minimum Gasteiger partial charge on any atom is -0.377 e. The number of rotatable bonds is 7. The minimum absolute atomic E-state index is 0.113. The first-order chi connectivity index (χ1) is 14.3. The number of imidazole rings is 1. The van der Waals surface area contributed by atoms with E-state index in [1.165, 1.54) is 12.0 Å². The zero-order valence-corrected chi connectivity index (χ0v) is 17.0. The van der Waals surface area contributed by atoms with Gasteiger partial charge in [-0.3, -0.25) is 9.69 Å². The highest BCUT2D eigenvalue weighted by Gasteiger charge is 2.41. The molecule has 0 saturated carbocycles. The van der Waals surface area contributed by atoms with Crippen LogP contribution in [0.5, 0.6) is 0 Å². The Morgan fingerprint density at radius 2 is 2.00 bits per heavy atom. The maximum absolute atomic E-state index is 13.7. The molecule has 1 amide bonds. The van der Waals surface area contributed by atoms with E-state index in [1.54, 1.807) is 0 Å². The molecule has 0 bridgehead atoms. The molecule has 1 aliphatic rings. The van der Waals surface area contributed by atoms with Crippen LogP contribution in [-0.4, -0.2) is 57.2 Å². The zero-order valence-electron chi connectivity index (χ0n) is 16.2. The van der Waals surface area contributed by atoms with E-state index in [0.29, 0.717) is 11.6 Å². The Hall–Kier alpha value is -2.50. The van der Waals surface area contributed by atoms with Gasteiger partial charge < -0.3 is 9.64 Å². The third-order valence-electron chi connectivity index (χ3n) is 4.84. The number of fused-ring (bicyclic) bond motifs is 1. The second kappa shape index (κ2) is 8.32. The Morgan fingerprint density at radius 3 is 2.70 bits per heavy atom.